The molecule has 2 aromatic rings. The zero-order chi connectivity index (χ0) is 19.9. The predicted molar refractivity (Wildman–Crippen MR) is 112 cm³/mol. The van der Waals surface area contributed by atoms with Crippen molar-refractivity contribution in [2.75, 3.05) is 12.0 Å². The van der Waals surface area contributed by atoms with E-state index < -0.39 is 16.1 Å². The summed E-state index contributed by atoms with van der Waals surface area (Å²) in [7, 11) is -3.78. The van der Waals surface area contributed by atoms with Crippen LogP contribution in [0.25, 0.3) is 0 Å². The highest BCUT2D eigenvalue weighted by molar-refractivity contribution is 7.98. The van der Waals surface area contributed by atoms with Crippen molar-refractivity contribution < 1.29 is 13.2 Å². The highest BCUT2D eigenvalue weighted by atomic mass is 32.2. The van der Waals surface area contributed by atoms with Crippen LogP contribution in [-0.2, 0) is 21.4 Å². The predicted octanol–water partition coefficient (Wildman–Crippen LogP) is 2.98. The molecule has 1 heterocycles. The molecule has 0 saturated heterocycles. The van der Waals surface area contributed by atoms with Gasteiger partial charge in [0, 0.05) is 5.38 Å². The normalized spacial score (nSPS) is 12.9. The van der Waals surface area contributed by atoms with Gasteiger partial charge in [0.05, 0.1) is 22.6 Å². The lowest BCUT2D eigenvalue weighted by atomic mass is 10.0. The lowest BCUT2D eigenvalue weighted by Gasteiger charge is -2.18. The molecule has 0 unspecified atom stereocenters. The summed E-state index contributed by atoms with van der Waals surface area (Å²) >= 11 is 3.01. The minimum absolute atomic E-state index is 0.161. The van der Waals surface area contributed by atoms with Gasteiger partial charge in [0.1, 0.15) is 6.04 Å². The van der Waals surface area contributed by atoms with Gasteiger partial charge in [-0.1, -0.05) is 26.0 Å². The van der Waals surface area contributed by atoms with E-state index in [2.05, 4.69) is 15.0 Å². The van der Waals surface area contributed by atoms with Crippen LogP contribution in [0.2, 0.25) is 0 Å². The summed E-state index contributed by atoms with van der Waals surface area (Å²) in [5, 5.41) is 4.61. The molecule has 1 atom stereocenters. The second kappa shape index (κ2) is 10.2. The van der Waals surface area contributed by atoms with Gasteiger partial charge in [0.15, 0.2) is 0 Å². The first-order valence-electron chi connectivity index (χ1n) is 8.59. The number of thioether (sulfide) groups is 1. The van der Waals surface area contributed by atoms with E-state index in [1.807, 2.05) is 25.5 Å². The van der Waals surface area contributed by atoms with Crippen LogP contribution >= 0.6 is 23.1 Å². The van der Waals surface area contributed by atoms with Crippen LogP contribution in [-0.4, -0.2) is 37.4 Å². The zero-order valence-corrected chi connectivity index (χ0v) is 18.1. The first-order chi connectivity index (χ1) is 12.8. The summed E-state index contributed by atoms with van der Waals surface area (Å²) in [5.41, 5.74) is 3.51. The molecule has 1 aromatic heterocycles. The Hall–Kier alpha value is -1.42. The third-order valence-corrected chi connectivity index (χ3v) is 6.78. The number of carbonyl (C=O) groups is 1. The molecule has 6 nitrogen and oxygen atoms in total. The number of hydrogen-bond acceptors (Lipinski definition) is 6. The van der Waals surface area contributed by atoms with Crippen LogP contribution in [0, 0.1) is 0 Å². The molecule has 0 bridgehead atoms. The summed E-state index contributed by atoms with van der Waals surface area (Å²) in [4.78, 5) is 16.8. The largest absolute Gasteiger partial charge is 0.349 e. The summed E-state index contributed by atoms with van der Waals surface area (Å²) < 4.78 is 28.0. The number of nitrogens with one attached hydrogen (secondary N) is 2. The van der Waals surface area contributed by atoms with E-state index in [0.717, 1.165) is 11.3 Å². The standard InChI is InChI=1S/C18H25N3O3S3/c1-13(2)14-4-6-16(7-5-14)27(23,24)21-17(8-9-25-3)18(22)19-10-15-11-26-12-20-15/h4-7,11-13,17,21H,8-10H2,1-3H3,(H,19,22)/t17-/m0/s1. The number of nitrogens with zero attached hydrogens (tertiary/aromatic N) is 1. The Morgan fingerprint density at radius 1 is 1.26 bits per heavy atom. The lowest BCUT2D eigenvalue weighted by Crippen LogP contribution is -2.46. The van der Waals surface area contributed by atoms with E-state index in [9.17, 15) is 13.2 Å². The highest BCUT2D eigenvalue weighted by Crippen LogP contribution is 2.18. The lowest BCUT2D eigenvalue weighted by molar-refractivity contribution is -0.122. The summed E-state index contributed by atoms with van der Waals surface area (Å²) in [6.45, 7) is 4.38. The van der Waals surface area contributed by atoms with Gasteiger partial charge in [-0.3, -0.25) is 4.79 Å². The molecule has 2 N–H and O–H groups in total. The van der Waals surface area contributed by atoms with Crippen molar-refractivity contribution in [2.24, 2.45) is 0 Å². The molecule has 1 amide bonds. The van der Waals surface area contributed by atoms with E-state index in [-0.39, 0.29) is 17.3 Å². The topological polar surface area (TPSA) is 88.2 Å². The van der Waals surface area contributed by atoms with Crippen LogP contribution in [0.15, 0.2) is 40.1 Å². The second-order valence-electron chi connectivity index (χ2n) is 6.38. The van der Waals surface area contributed by atoms with Crippen LogP contribution < -0.4 is 10.0 Å². The Balaban J connectivity index is 2.09. The summed E-state index contributed by atoms with van der Waals surface area (Å²) in [6.07, 6.45) is 2.33. The quantitative estimate of drug-likeness (QED) is 0.609. The fraction of sp³-hybridized carbons (Fsp3) is 0.444. The van der Waals surface area contributed by atoms with E-state index in [4.69, 9.17) is 0 Å². The first kappa shape index (κ1) is 21.9. The Morgan fingerprint density at radius 3 is 2.52 bits per heavy atom. The molecular formula is C18H25N3O3S3. The number of sulfonamides is 1. The molecule has 27 heavy (non-hydrogen) atoms. The van der Waals surface area contributed by atoms with Crippen LogP contribution in [0.1, 0.15) is 37.4 Å². The number of benzene rings is 1. The molecule has 148 valence electrons. The summed E-state index contributed by atoms with van der Waals surface area (Å²) in [5.74, 6) is 0.642. The third kappa shape index (κ3) is 6.60. The number of amides is 1. The van der Waals surface area contributed by atoms with Gasteiger partial charge in [-0.25, -0.2) is 13.4 Å². The maximum atomic E-state index is 12.7. The fourth-order valence-corrected chi connectivity index (χ4v) is 4.65. The Labute approximate surface area is 169 Å². The summed E-state index contributed by atoms with van der Waals surface area (Å²) in [6, 6.07) is 5.94. The molecule has 1 aromatic carbocycles. The molecule has 0 radical (unpaired) electrons. The molecule has 0 spiro atoms. The smallest absolute Gasteiger partial charge is 0.241 e. The maximum Gasteiger partial charge on any atom is 0.241 e. The average molecular weight is 428 g/mol. The van der Waals surface area contributed by atoms with E-state index in [1.54, 1.807) is 41.5 Å². The van der Waals surface area contributed by atoms with Gasteiger partial charge in [-0.2, -0.15) is 16.5 Å². The molecule has 0 aliphatic heterocycles. The fourth-order valence-electron chi connectivity index (χ4n) is 2.39. The Kier molecular flexibility index (Phi) is 8.28. The van der Waals surface area contributed by atoms with Gasteiger partial charge >= 0.3 is 0 Å². The van der Waals surface area contributed by atoms with Crippen molar-refractivity contribution in [3.63, 3.8) is 0 Å². The molecule has 9 heteroatoms. The van der Waals surface area contributed by atoms with Gasteiger partial charge in [-0.05, 0) is 42.0 Å². The van der Waals surface area contributed by atoms with Crippen LogP contribution in [0.5, 0.6) is 0 Å². The molecule has 0 saturated carbocycles. The Morgan fingerprint density at radius 2 is 1.96 bits per heavy atom. The zero-order valence-electron chi connectivity index (χ0n) is 15.6. The van der Waals surface area contributed by atoms with Crippen molar-refractivity contribution in [1.82, 2.24) is 15.0 Å². The SMILES string of the molecule is CSCC[C@H](NS(=O)(=O)c1ccc(C(C)C)cc1)C(=O)NCc1cscn1. The molecule has 2 rings (SSSR count). The maximum absolute atomic E-state index is 12.7. The minimum Gasteiger partial charge on any atom is -0.349 e. The minimum atomic E-state index is -3.78. The van der Waals surface area contributed by atoms with Crippen molar-refractivity contribution in [1.29, 1.82) is 0 Å². The number of aromatic nitrogens is 1. The van der Waals surface area contributed by atoms with Crippen LogP contribution in [0.4, 0.5) is 0 Å². The van der Waals surface area contributed by atoms with Crippen molar-refractivity contribution >= 4 is 39.0 Å². The average Bonchev–Trinajstić information content (AvgIpc) is 3.16. The van der Waals surface area contributed by atoms with Gasteiger partial charge < -0.3 is 5.32 Å². The van der Waals surface area contributed by atoms with E-state index in [1.165, 1.54) is 11.3 Å². The number of hydrogen-bond donors (Lipinski definition) is 2. The number of carbonyl (C=O) groups excluding carboxylic acids is 1. The van der Waals surface area contributed by atoms with Crippen molar-refractivity contribution in [2.45, 2.75) is 43.7 Å². The van der Waals surface area contributed by atoms with Gasteiger partial charge in [0.25, 0.3) is 0 Å². The second-order valence-corrected chi connectivity index (χ2v) is 9.79. The molecule has 0 fully saturated rings. The molecular weight excluding hydrogens is 402 g/mol. The monoisotopic (exact) mass is 427 g/mol. The van der Waals surface area contributed by atoms with Gasteiger partial charge in [-0.15, -0.1) is 11.3 Å². The number of rotatable bonds is 10. The number of thiazole rings is 1. The van der Waals surface area contributed by atoms with Gasteiger partial charge in [0.2, 0.25) is 15.9 Å². The highest BCUT2D eigenvalue weighted by Gasteiger charge is 2.25. The van der Waals surface area contributed by atoms with E-state index >= 15 is 0 Å². The van der Waals surface area contributed by atoms with Crippen molar-refractivity contribution in [3.05, 3.63) is 46.4 Å². The van der Waals surface area contributed by atoms with Crippen molar-refractivity contribution in [3.8, 4) is 0 Å². The third-order valence-electron chi connectivity index (χ3n) is 4.01. The first-order valence-corrected chi connectivity index (χ1v) is 12.4. The molecule has 0 aliphatic rings. The molecule has 0 aliphatic carbocycles. The Bertz CT molecular complexity index is 819. The van der Waals surface area contributed by atoms with E-state index in [0.29, 0.717) is 18.1 Å². The van der Waals surface area contributed by atoms with Crippen LogP contribution in [0.3, 0.4) is 0 Å².